The summed E-state index contributed by atoms with van der Waals surface area (Å²) >= 11 is 3.33. The van der Waals surface area contributed by atoms with Crippen molar-refractivity contribution in [1.82, 2.24) is 0 Å². The molecular formula is C20H11BrO3. The van der Waals surface area contributed by atoms with E-state index in [1.807, 2.05) is 30.3 Å². The Balaban J connectivity index is 1.96. The Labute approximate surface area is 145 Å². The molecule has 3 nitrogen and oxygen atoms in total. The van der Waals surface area contributed by atoms with E-state index in [1.54, 1.807) is 36.4 Å². The van der Waals surface area contributed by atoms with E-state index >= 15 is 0 Å². The maximum atomic E-state index is 12.7. The van der Waals surface area contributed by atoms with Gasteiger partial charge in [-0.25, -0.2) is 4.79 Å². The summed E-state index contributed by atoms with van der Waals surface area (Å²) in [5.41, 5.74) is 0.350. The van der Waals surface area contributed by atoms with Crippen molar-refractivity contribution in [3.63, 3.8) is 0 Å². The number of hydrogen-bond acceptors (Lipinski definition) is 3. The highest BCUT2D eigenvalue weighted by atomic mass is 79.9. The Morgan fingerprint density at radius 2 is 1.62 bits per heavy atom. The first-order chi connectivity index (χ1) is 11.6. The third-order valence-corrected chi connectivity index (χ3v) is 4.52. The first-order valence-corrected chi connectivity index (χ1v) is 8.19. The van der Waals surface area contributed by atoms with Gasteiger partial charge in [-0.15, -0.1) is 0 Å². The van der Waals surface area contributed by atoms with E-state index < -0.39 is 5.63 Å². The highest BCUT2D eigenvalue weighted by molar-refractivity contribution is 9.10. The van der Waals surface area contributed by atoms with Crippen LogP contribution in [0.15, 0.2) is 80.4 Å². The highest BCUT2D eigenvalue weighted by Crippen LogP contribution is 2.25. The average Bonchev–Trinajstić information content (AvgIpc) is 2.61. The molecule has 3 aromatic carbocycles. The van der Waals surface area contributed by atoms with Gasteiger partial charge in [0.05, 0.1) is 0 Å². The van der Waals surface area contributed by atoms with E-state index in [0.717, 1.165) is 20.6 Å². The Kier molecular flexibility index (Phi) is 3.54. The lowest BCUT2D eigenvalue weighted by Crippen LogP contribution is -2.14. The number of carbonyl (C=O) groups excluding carboxylic acids is 1. The van der Waals surface area contributed by atoms with Crippen molar-refractivity contribution in [2.45, 2.75) is 0 Å². The Bertz CT molecular complexity index is 1140. The zero-order valence-corrected chi connectivity index (χ0v) is 14.0. The third kappa shape index (κ3) is 2.45. The number of fused-ring (bicyclic) bond motifs is 3. The molecule has 24 heavy (non-hydrogen) atoms. The summed E-state index contributed by atoms with van der Waals surface area (Å²) in [6.07, 6.45) is 0. The minimum Gasteiger partial charge on any atom is -0.422 e. The van der Waals surface area contributed by atoms with Crippen LogP contribution in [0.3, 0.4) is 0 Å². The summed E-state index contributed by atoms with van der Waals surface area (Å²) in [6.45, 7) is 0. The second-order valence-corrected chi connectivity index (χ2v) is 6.40. The van der Waals surface area contributed by atoms with Gasteiger partial charge in [-0.05, 0) is 47.2 Å². The van der Waals surface area contributed by atoms with E-state index in [4.69, 9.17) is 4.42 Å². The lowest BCUT2D eigenvalue weighted by molar-refractivity contribution is 0.103. The first kappa shape index (κ1) is 14.8. The molecule has 0 aliphatic carbocycles. The third-order valence-electron chi connectivity index (χ3n) is 3.99. The van der Waals surface area contributed by atoms with Crippen LogP contribution in [-0.4, -0.2) is 5.78 Å². The van der Waals surface area contributed by atoms with Crippen LogP contribution in [0.2, 0.25) is 0 Å². The standard InChI is InChI=1S/C20H11BrO3/c21-14-8-5-13(6-9-14)19(22)17-11-16-15-4-2-1-3-12(15)7-10-18(16)24-20(17)23/h1-11H. The Hall–Kier alpha value is -2.72. The molecule has 1 aromatic heterocycles. The van der Waals surface area contributed by atoms with Crippen LogP contribution >= 0.6 is 15.9 Å². The molecule has 0 aliphatic heterocycles. The van der Waals surface area contributed by atoms with Gasteiger partial charge in [-0.3, -0.25) is 4.79 Å². The van der Waals surface area contributed by atoms with E-state index in [0.29, 0.717) is 11.1 Å². The fourth-order valence-corrected chi connectivity index (χ4v) is 3.05. The van der Waals surface area contributed by atoms with Gasteiger partial charge in [-0.2, -0.15) is 0 Å². The molecule has 0 amide bonds. The van der Waals surface area contributed by atoms with E-state index in [2.05, 4.69) is 15.9 Å². The first-order valence-electron chi connectivity index (χ1n) is 7.39. The number of hydrogen-bond donors (Lipinski definition) is 0. The molecule has 0 aliphatic rings. The van der Waals surface area contributed by atoms with Crippen LogP contribution in [0.4, 0.5) is 0 Å². The molecular weight excluding hydrogens is 368 g/mol. The molecule has 0 fully saturated rings. The van der Waals surface area contributed by atoms with Gasteiger partial charge in [-0.1, -0.05) is 46.3 Å². The molecule has 4 rings (SSSR count). The van der Waals surface area contributed by atoms with Crippen LogP contribution in [0.25, 0.3) is 21.7 Å². The SMILES string of the molecule is O=C(c1ccc(Br)cc1)c1cc2c(ccc3ccccc32)oc1=O. The minimum atomic E-state index is -0.620. The fraction of sp³-hybridized carbons (Fsp3) is 0. The van der Waals surface area contributed by atoms with Crippen LogP contribution in [-0.2, 0) is 0 Å². The molecule has 0 bridgehead atoms. The number of benzene rings is 3. The molecule has 4 heteroatoms. The number of halogens is 1. The van der Waals surface area contributed by atoms with Gasteiger partial charge in [0.25, 0.3) is 0 Å². The van der Waals surface area contributed by atoms with Crippen molar-refractivity contribution >= 4 is 43.5 Å². The molecule has 0 spiro atoms. The molecule has 0 saturated carbocycles. The molecule has 0 saturated heterocycles. The molecule has 4 aromatic rings. The number of carbonyl (C=O) groups is 1. The molecule has 1 heterocycles. The maximum Gasteiger partial charge on any atom is 0.347 e. The van der Waals surface area contributed by atoms with Crippen LogP contribution in [0, 0.1) is 0 Å². The number of ketones is 1. The smallest absolute Gasteiger partial charge is 0.347 e. The molecule has 116 valence electrons. The lowest BCUT2D eigenvalue weighted by atomic mass is 10.0. The minimum absolute atomic E-state index is 0.0428. The van der Waals surface area contributed by atoms with Crippen molar-refractivity contribution < 1.29 is 9.21 Å². The summed E-state index contributed by atoms with van der Waals surface area (Å²) in [5.74, 6) is -0.342. The predicted molar refractivity (Wildman–Crippen MR) is 97.6 cm³/mol. The van der Waals surface area contributed by atoms with Gasteiger partial charge in [0, 0.05) is 15.4 Å². The predicted octanol–water partition coefficient (Wildman–Crippen LogP) is 4.94. The summed E-state index contributed by atoms with van der Waals surface area (Å²) in [6, 6.07) is 20.0. The van der Waals surface area contributed by atoms with Crippen molar-refractivity contribution in [1.29, 1.82) is 0 Å². The van der Waals surface area contributed by atoms with Crippen molar-refractivity contribution in [3.8, 4) is 0 Å². The van der Waals surface area contributed by atoms with E-state index in [9.17, 15) is 9.59 Å². The van der Waals surface area contributed by atoms with E-state index in [1.165, 1.54) is 0 Å². The van der Waals surface area contributed by atoms with Gasteiger partial charge in [0.2, 0.25) is 0 Å². The quantitative estimate of drug-likeness (QED) is 0.282. The Morgan fingerprint density at radius 1 is 0.875 bits per heavy atom. The Morgan fingerprint density at radius 3 is 2.42 bits per heavy atom. The second-order valence-electron chi connectivity index (χ2n) is 5.48. The van der Waals surface area contributed by atoms with Gasteiger partial charge >= 0.3 is 5.63 Å². The van der Waals surface area contributed by atoms with Crippen molar-refractivity contribution in [3.05, 3.63) is 92.7 Å². The summed E-state index contributed by atoms with van der Waals surface area (Å²) < 4.78 is 6.25. The summed E-state index contributed by atoms with van der Waals surface area (Å²) in [4.78, 5) is 24.9. The normalized spacial score (nSPS) is 11.0. The average molecular weight is 379 g/mol. The second kappa shape index (κ2) is 5.73. The summed E-state index contributed by atoms with van der Waals surface area (Å²) in [7, 11) is 0. The van der Waals surface area contributed by atoms with Crippen molar-refractivity contribution in [2.24, 2.45) is 0 Å². The van der Waals surface area contributed by atoms with Crippen molar-refractivity contribution in [2.75, 3.05) is 0 Å². The van der Waals surface area contributed by atoms with Gasteiger partial charge < -0.3 is 4.42 Å². The van der Waals surface area contributed by atoms with Gasteiger partial charge in [0.15, 0.2) is 5.78 Å². The summed E-state index contributed by atoms with van der Waals surface area (Å²) in [5, 5.41) is 2.73. The van der Waals surface area contributed by atoms with Gasteiger partial charge in [0.1, 0.15) is 11.1 Å². The number of rotatable bonds is 2. The molecule has 0 N–H and O–H groups in total. The fourth-order valence-electron chi connectivity index (χ4n) is 2.79. The zero-order chi connectivity index (χ0) is 16.7. The molecule has 0 atom stereocenters. The largest absolute Gasteiger partial charge is 0.422 e. The molecule has 0 radical (unpaired) electrons. The van der Waals surface area contributed by atoms with Crippen LogP contribution in [0.5, 0.6) is 0 Å². The highest BCUT2D eigenvalue weighted by Gasteiger charge is 2.16. The molecule has 0 unspecified atom stereocenters. The topological polar surface area (TPSA) is 47.3 Å². The monoisotopic (exact) mass is 378 g/mol. The van der Waals surface area contributed by atoms with E-state index in [-0.39, 0.29) is 11.3 Å². The van der Waals surface area contributed by atoms with Crippen LogP contribution in [0.1, 0.15) is 15.9 Å². The zero-order valence-electron chi connectivity index (χ0n) is 12.5. The maximum absolute atomic E-state index is 12.7. The van der Waals surface area contributed by atoms with Crippen LogP contribution < -0.4 is 5.63 Å². The lowest BCUT2D eigenvalue weighted by Gasteiger charge is -2.05.